The van der Waals surface area contributed by atoms with E-state index in [1.54, 1.807) is 40.3 Å². The Bertz CT molecular complexity index is 2500. The second-order valence-corrected chi connectivity index (χ2v) is 15.4. The molecule has 1 spiro atoms. The second kappa shape index (κ2) is 14.3. The average Bonchev–Trinajstić information content (AvgIpc) is 3.88. The van der Waals surface area contributed by atoms with E-state index in [4.69, 9.17) is 37.7 Å². The van der Waals surface area contributed by atoms with Crippen LogP contribution in [0.25, 0.3) is 33.3 Å². The van der Waals surface area contributed by atoms with Crippen LogP contribution in [0.5, 0.6) is 5.88 Å². The lowest BCUT2D eigenvalue weighted by molar-refractivity contribution is 0.158. The maximum absolute atomic E-state index is 13.3. The first-order valence-electron chi connectivity index (χ1n) is 18.2. The van der Waals surface area contributed by atoms with Gasteiger partial charge in [-0.3, -0.25) is 18.8 Å². The van der Waals surface area contributed by atoms with Gasteiger partial charge in [0.05, 0.1) is 46.2 Å². The molecule has 0 radical (unpaired) electrons. The van der Waals surface area contributed by atoms with E-state index in [0.717, 1.165) is 53.6 Å². The van der Waals surface area contributed by atoms with Crippen molar-refractivity contribution in [1.82, 2.24) is 34.2 Å². The number of urea groups is 1. The van der Waals surface area contributed by atoms with Gasteiger partial charge in [-0.1, -0.05) is 53.5 Å². The van der Waals surface area contributed by atoms with Gasteiger partial charge in [0.15, 0.2) is 0 Å². The van der Waals surface area contributed by atoms with Crippen molar-refractivity contribution in [3.63, 3.8) is 0 Å². The van der Waals surface area contributed by atoms with Gasteiger partial charge in [-0.25, -0.2) is 19.6 Å². The highest BCUT2D eigenvalue weighted by Crippen LogP contribution is 2.47. The monoisotopic (exact) mass is 784 g/mol. The summed E-state index contributed by atoms with van der Waals surface area (Å²) >= 11 is 14.3. The summed E-state index contributed by atoms with van der Waals surface area (Å²) in [5, 5.41) is 7.67. The molecule has 1 aliphatic carbocycles. The molecule has 0 unspecified atom stereocenters. The van der Waals surface area contributed by atoms with Crippen molar-refractivity contribution in [3.8, 4) is 28.3 Å². The van der Waals surface area contributed by atoms with Gasteiger partial charge in [-0.2, -0.15) is 0 Å². The number of amides is 2. The number of aromatic nitrogens is 4. The van der Waals surface area contributed by atoms with Gasteiger partial charge in [0.1, 0.15) is 11.2 Å². The van der Waals surface area contributed by atoms with Crippen LogP contribution < -0.4 is 26.6 Å². The molecule has 3 aliphatic rings. The maximum Gasteiger partial charge on any atom is 0.330 e. The molecule has 15 heteroatoms. The van der Waals surface area contributed by atoms with Crippen molar-refractivity contribution in [2.45, 2.75) is 37.8 Å². The van der Waals surface area contributed by atoms with Gasteiger partial charge in [0.2, 0.25) is 5.88 Å². The highest BCUT2D eigenvalue weighted by atomic mass is 35.5. The van der Waals surface area contributed by atoms with Crippen molar-refractivity contribution in [1.29, 1.82) is 0 Å². The third-order valence-electron chi connectivity index (χ3n) is 11.3. The number of hydrogen-bond donors (Lipinski definition) is 2. The zero-order valence-corrected chi connectivity index (χ0v) is 32.8. The minimum atomic E-state index is -0.462. The molecule has 13 nitrogen and oxygen atoms in total. The standard InChI is InChI=1S/C40H42Cl2N8O5/c1-22-18-30-32(37(51)48(3)39(53)47(30)2)35(43-22)44-27-11-7-9-25(34(27)42)24-8-6-10-26(33(24)41)28-19-23-12-13-29(31(23)36(45-28)55-5)49-15-14-40(20-49)21-50(16-17-54-4)38(52)46-40/h6-11,18-19,29H,12-17,20-21H2,1-5H3,(H,43,44)(H,46,52)/t29-,40+/m0/s1. The quantitative estimate of drug-likeness (QED) is 0.189. The number of pyridine rings is 2. The highest BCUT2D eigenvalue weighted by molar-refractivity contribution is 6.39. The van der Waals surface area contributed by atoms with E-state index in [2.05, 4.69) is 26.6 Å². The van der Waals surface area contributed by atoms with Gasteiger partial charge in [0, 0.05) is 81.4 Å². The minimum absolute atomic E-state index is 0.0314. The molecule has 55 heavy (non-hydrogen) atoms. The van der Waals surface area contributed by atoms with Crippen LogP contribution in [0.3, 0.4) is 0 Å². The number of hydrogen-bond acceptors (Lipinski definition) is 9. The normalized spacial score (nSPS) is 19.4. The van der Waals surface area contributed by atoms with E-state index in [9.17, 15) is 14.4 Å². The predicted molar refractivity (Wildman–Crippen MR) is 214 cm³/mol. The van der Waals surface area contributed by atoms with Crippen LogP contribution in [0, 0.1) is 6.92 Å². The van der Waals surface area contributed by atoms with E-state index in [-0.39, 0.29) is 23.0 Å². The summed E-state index contributed by atoms with van der Waals surface area (Å²) in [4.78, 5) is 52.7. The van der Waals surface area contributed by atoms with Crippen molar-refractivity contribution in [2.75, 3.05) is 52.3 Å². The summed E-state index contributed by atoms with van der Waals surface area (Å²) in [6, 6.07) is 15.2. The first-order chi connectivity index (χ1) is 26.4. The lowest BCUT2D eigenvalue weighted by Gasteiger charge is -2.28. The Hall–Kier alpha value is -4.95. The molecule has 2 aliphatic heterocycles. The largest absolute Gasteiger partial charge is 0.481 e. The topological polar surface area (TPSA) is 136 Å². The molecule has 3 aromatic heterocycles. The van der Waals surface area contributed by atoms with Crippen LogP contribution in [0.15, 0.2) is 58.1 Å². The summed E-state index contributed by atoms with van der Waals surface area (Å²) in [6.07, 6.45) is 2.66. The molecule has 5 aromatic rings. The lowest BCUT2D eigenvalue weighted by atomic mass is 9.99. The molecule has 0 bridgehead atoms. The Balaban J connectivity index is 1.10. The smallest absolute Gasteiger partial charge is 0.330 e. The Morgan fingerprint density at radius 2 is 1.71 bits per heavy atom. The van der Waals surface area contributed by atoms with Crippen molar-refractivity contribution in [3.05, 3.63) is 96.2 Å². The molecule has 2 atom stereocenters. The number of ether oxygens (including phenoxy) is 2. The molecule has 2 amide bonds. The molecule has 0 saturated carbocycles. The van der Waals surface area contributed by atoms with E-state index in [1.165, 1.54) is 11.6 Å². The number of carbonyl (C=O) groups excluding carboxylic acids is 1. The zero-order chi connectivity index (χ0) is 38.8. The predicted octanol–water partition coefficient (Wildman–Crippen LogP) is 5.83. The third kappa shape index (κ3) is 6.32. The average molecular weight is 786 g/mol. The number of nitrogens with zero attached hydrogens (tertiary/aromatic N) is 6. The Labute approximate surface area is 327 Å². The molecule has 8 rings (SSSR count). The van der Waals surface area contributed by atoms with Crippen LogP contribution in [-0.2, 0) is 25.3 Å². The van der Waals surface area contributed by atoms with Gasteiger partial charge in [0.25, 0.3) is 5.56 Å². The fourth-order valence-corrected chi connectivity index (χ4v) is 9.11. The van der Waals surface area contributed by atoms with Crippen molar-refractivity contribution in [2.24, 2.45) is 14.1 Å². The molecule has 2 N–H and O–H groups in total. The summed E-state index contributed by atoms with van der Waals surface area (Å²) < 4.78 is 13.7. The highest BCUT2D eigenvalue weighted by Gasteiger charge is 2.49. The van der Waals surface area contributed by atoms with Crippen LogP contribution in [-0.4, -0.2) is 87.5 Å². The summed E-state index contributed by atoms with van der Waals surface area (Å²) in [5.41, 5.74) is 5.50. The number of likely N-dealkylation sites (tertiary alicyclic amines) is 1. The maximum atomic E-state index is 13.3. The number of carbonyl (C=O) groups is 1. The van der Waals surface area contributed by atoms with E-state index in [0.29, 0.717) is 75.2 Å². The summed E-state index contributed by atoms with van der Waals surface area (Å²) in [5.74, 6) is 0.860. The molecular weight excluding hydrogens is 743 g/mol. The van der Waals surface area contributed by atoms with Crippen LogP contribution >= 0.6 is 23.2 Å². The van der Waals surface area contributed by atoms with Crippen LogP contribution in [0.2, 0.25) is 10.0 Å². The van der Waals surface area contributed by atoms with Gasteiger partial charge >= 0.3 is 11.7 Å². The molecule has 2 saturated heterocycles. The Morgan fingerprint density at radius 3 is 2.47 bits per heavy atom. The number of fused-ring (bicyclic) bond motifs is 2. The van der Waals surface area contributed by atoms with E-state index in [1.807, 2.05) is 35.2 Å². The molecule has 2 aromatic carbocycles. The van der Waals surface area contributed by atoms with Gasteiger partial charge in [-0.05, 0) is 49.9 Å². The Kier molecular flexibility index (Phi) is 9.61. The number of aryl methyl sites for hydroxylation is 3. The van der Waals surface area contributed by atoms with Gasteiger partial charge < -0.3 is 25.0 Å². The van der Waals surface area contributed by atoms with Crippen molar-refractivity contribution < 1.29 is 14.3 Å². The number of benzene rings is 2. The lowest BCUT2D eigenvalue weighted by Crippen LogP contribution is -2.46. The minimum Gasteiger partial charge on any atom is -0.481 e. The second-order valence-electron chi connectivity index (χ2n) is 14.7. The SMILES string of the molecule is COCCN1C[C@]2(CCN([C@H]3CCc4cc(-c5cccc(-c6cccc(Nc7nc(C)cc8c7c(=O)n(C)c(=O)n8C)c6Cl)c5Cl)nc(OC)c43)C2)NC1=O. The number of anilines is 2. The summed E-state index contributed by atoms with van der Waals surface area (Å²) in [7, 11) is 6.36. The van der Waals surface area contributed by atoms with Crippen LogP contribution in [0.4, 0.5) is 16.3 Å². The molecule has 5 heterocycles. The number of nitrogens with one attached hydrogen (secondary N) is 2. The van der Waals surface area contributed by atoms with Gasteiger partial charge in [-0.15, -0.1) is 0 Å². The van der Waals surface area contributed by atoms with E-state index < -0.39 is 11.2 Å². The number of halogens is 2. The Morgan fingerprint density at radius 1 is 0.964 bits per heavy atom. The molecule has 2 fully saturated rings. The van der Waals surface area contributed by atoms with Crippen LogP contribution in [0.1, 0.15) is 35.7 Å². The molecule has 286 valence electrons. The zero-order valence-electron chi connectivity index (χ0n) is 31.3. The fourth-order valence-electron chi connectivity index (χ4n) is 8.51. The summed E-state index contributed by atoms with van der Waals surface area (Å²) in [6.45, 7) is 5.17. The first kappa shape index (κ1) is 37.0. The third-order valence-corrected chi connectivity index (χ3v) is 12.1. The first-order valence-corrected chi connectivity index (χ1v) is 19.0. The number of methoxy groups -OCH3 is 2. The molecular formula is C40H42Cl2N8O5. The number of rotatable bonds is 9. The fraction of sp³-hybridized carbons (Fsp3) is 0.375. The van der Waals surface area contributed by atoms with Crippen molar-refractivity contribution >= 4 is 51.6 Å². The van der Waals surface area contributed by atoms with E-state index >= 15 is 0 Å².